The van der Waals surface area contributed by atoms with Gasteiger partial charge in [0.15, 0.2) is 17.5 Å². The molecule has 0 radical (unpaired) electrons. The van der Waals surface area contributed by atoms with Gasteiger partial charge < -0.3 is 24.8 Å². The Hall–Kier alpha value is -1.22. The second-order valence-electron chi connectivity index (χ2n) is 5.83. The van der Waals surface area contributed by atoms with Gasteiger partial charge in [0.05, 0.1) is 14.2 Å². The van der Waals surface area contributed by atoms with E-state index in [2.05, 4.69) is 29.5 Å². The Labute approximate surface area is 168 Å². The highest BCUT2D eigenvalue weighted by Crippen LogP contribution is 2.30. The third-order valence-corrected chi connectivity index (χ3v) is 3.36. The van der Waals surface area contributed by atoms with Crippen LogP contribution < -0.4 is 20.1 Å². The van der Waals surface area contributed by atoms with Crippen LogP contribution in [0.2, 0.25) is 0 Å². The van der Waals surface area contributed by atoms with Crippen molar-refractivity contribution in [1.82, 2.24) is 10.6 Å². The van der Waals surface area contributed by atoms with E-state index in [0.29, 0.717) is 12.5 Å². The van der Waals surface area contributed by atoms with Gasteiger partial charge in [0.1, 0.15) is 0 Å². The molecule has 0 saturated heterocycles. The molecule has 2 N–H and O–H groups in total. The number of benzene rings is 1. The third kappa shape index (κ3) is 9.15. The number of halogens is 1. The van der Waals surface area contributed by atoms with Crippen LogP contribution in [0.15, 0.2) is 23.2 Å². The second-order valence-corrected chi connectivity index (χ2v) is 5.83. The van der Waals surface area contributed by atoms with Crippen molar-refractivity contribution in [1.29, 1.82) is 0 Å². The predicted molar refractivity (Wildman–Crippen MR) is 113 cm³/mol. The molecule has 0 amide bonds. The maximum Gasteiger partial charge on any atom is 0.191 e. The van der Waals surface area contributed by atoms with Gasteiger partial charge in [-0.05, 0) is 18.4 Å². The van der Waals surface area contributed by atoms with Gasteiger partial charge in [0.25, 0.3) is 0 Å². The molecule has 0 heterocycles. The number of para-hydroxylation sites is 1. The number of ether oxygens (including phenoxy) is 3. The van der Waals surface area contributed by atoms with Crippen molar-refractivity contribution in [3.05, 3.63) is 23.8 Å². The molecule has 0 fully saturated rings. The summed E-state index contributed by atoms with van der Waals surface area (Å²) >= 11 is 0. The van der Waals surface area contributed by atoms with Gasteiger partial charge in [-0.2, -0.15) is 0 Å². The maximum atomic E-state index is 5.56. The summed E-state index contributed by atoms with van der Waals surface area (Å²) in [6, 6.07) is 5.83. The fourth-order valence-electron chi connectivity index (χ4n) is 2.19. The van der Waals surface area contributed by atoms with E-state index >= 15 is 0 Å². The summed E-state index contributed by atoms with van der Waals surface area (Å²) in [5, 5.41) is 6.56. The fraction of sp³-hybridized carbons (Fsp3) is 0.611. The van der Waals surface area contributed by atoms with Crippen molar-refractivity contribution < 1.29 is 14.2 Å². The lowest BCUT2D eigenvalue weighted by Gasteiger charge is -2.15. The largest absolute Gasteiger partial charge is 0.493 e. The van der Waals surface area contributed by atoms with Crippen LogP contribution in [0.3, 0.4) is 0 Å². The minimum Gasteiger partial charge on any atom is -0.493 e. The molecule has 0 saturated carbocycles. The van der Waals surface area contributed by atoms with E-state index in [1.165, 1.54) is 0 Å². The van der Waals surface area contributed by atoms with Crippen molar-refractivity contribution in [2.75, 3.05) is 41.0 Å². The van der Waals surface area contributed by atoms with Crippen LogP contribution in [-0.4, -0.2) is 47.0 Å². The summed E-state index contributed by atoms with van der Waals surface area (Å²) < 4.78 is 16.3. The zero-order chi connectivity index (χ0) is 17.8. The van der Waals surface area contributed by atoms with Crippen molar-refractivity contribution in [2.24, 2.45) is 10.9 Å². The molecule has 0 aliphatic carbocycles. The molecule has 7 heteroatoms. The number of aliphatic imine (C=N–C) groups is 1. The Morgan fingerprint density at radius 2 is 1.92 bits per heavy atom. The van der Waals surface area contributed by atoms with Gasteiger partial charge in [-0.1, -0.05) is 26.0 Å². The van der Waals surface area contributed by atoms with Gasteiger partial charge in [-0.25, -0.2) is 0 Å². The standard InChI is InChI=1S/C18H31N3O3.HI/c1-14(2)13-24-11-7-10-20-18(19-3)21-12-15-8-6-9-16(22-4)17(15)23-5;/h6,8-9,14H,7,10-13H2,1-5H3,(H2,19,20,21);1H. The lowest BCUT2D eigenvalue weighted by atomic mass is 10.2. The minimum absolute atomic E-state index is 0. The molecule has 1 aromatic carbocycles. The highest BCUT2D eigenvalue weighted by atomic mass is 127. The molecule has 0 spiro atoms. The van der Waals surface area contributed by atoms with Crippen LogP contribution in [0.4, 0.5) is 0 Å². The average molecular weight is 465 g/mol. The topological polar surface area (TPSA) is 64.1 Å². The zero-order valence-corrected chi connectivity index (χ0v) is 18.3. The number of nitrogens with one attached hydrogen (secondary N) is 2. The quantitative estimate of drug-likeness (QED) is 0.241. The first-order chi connectivity index (χ1) is 11.6. The Morgan fingerprint density at radius 1 is 1.16 bits per heavy atom. The van der Waals surface area contributed by atoms with E-state index < -0.39 is 0 Å². The predicted octanol–water partition coefficient (Wildman–Crippen LogP) is 3.05. The molecule has 0 bridgehead atoms. The molecule has 0 aromatic heterocycles. The van der Waals surface area contributed by atoms with Gasteiger partial charge in [0, 0.05) is 38.9 Å². The summed E-state index contributed by atoms with van der Waals surface area (Å²) in [7, 11) is 5.04. The molecule has 6 nitrogen and oxygen atoms in total. The van der Waals surface area contributed by atoms with Crippen molar-refractivity contribution >= 4 is 29.9 Å². The van der Waals surface area contributed by atoms with E-state index in [9.17, 15) is 0 Å². The maximum absolute atomic E-state index is 5.56. The molecular formula is C18H32IN3O3. The molecule has 25 heavy (non-hydrogen) atoms. The van der Waals surface area contributed by atoms with Crippen LogP contribution in [0.1, 0.15) is 25.8 Å². The Kier molecular flexibility index (Phi) is 13.3. The molecule has 0 aliphatic rings. The molecule has 144 valence electrons. The summed E-state index contributed by atoms with van der Waals surface area (Å²) in [6.45, 7) is 7.28. The third-order valence-electron chi connectivity index (χ3n) is 3.36. The lowest BCUT2D eigenvalue weighted by molar-refractivity contribution is 0.108. The molecule has 0 unspecified atom stereocenters. The van der Waals surface area contributed by atoms with E-state index in [4.69, 9.17) is 14.2 Å². The van der Waals surface area contributed by atoms with Crippen LogP contribution in [0.5, 0.6) is 11.5 Å². The van der Waals surface area contributed by atoms with Crippen molar-refractivity contribution in [2.45, 2.75) is 26.8 Å². The zero-order valence-electron chi connectivity index (χ0n) is 15.9. The van der Waals surface area contributed by atoms with Gasteiger partial charge in [-0.15, -0.1) is 24.0 Å². The molecular weight excluding hydrogens is 433 g/mol. The smallest absolute Gasteiger partial charge is 0.191 e. The monoisotopic (exact) mass is 465 g/mol. The Bertz CT molecular complexity index is 510. The highest BCUT2D eigenvalue weighted by Gasteiger charge is 2.09. The summed E-state index contributed by atoms with van der Waals surface area (Å²) in [4.78, 5) is 4.23. The summed E-state index contributed by atoms with van der Waals surface area (Å²) in [5.41, 5.74) is 1.01. The Balaban J connectivity index is 0.00000576. The van der Waals surface area contributed by atoms with Gasteiger partial charge >= 0.3 is 0 Å². The molecule has 0 aliphatic heterocycles. The van der Waals surface area contributed by atoms with E-state index in [1.807, 2.05) is 18.2 Å². The van der Waals surface area contributed by atoms with Crippen molar-refractivity contribution in [3.8, 4) is 11.5 Å². The lowest BCUT2D eigenvalue weighted by Crippen LogP contribution is -2.37. The van der Waals surface area contributed by atoms with E-state index in [1.54, 1.807) is 21.3 Å². The number of nitrogens with zero attached hydrogens (tertiary/aromatic N) is 1. The van der Waals surface area contributed by atoms with E-state index in [-0.39, 0.29) is 24.0 Å². The van der Waals surface area contributed by atoms with Crippen LogP contribution >= 0.6 is 24.0 Å². The van der Waals surface area contributed by atoms with Gasteiger partial charge in [-0.3, -0.25) is 4.99 Å². The first-order valence-electron chi connectivity index (χ1n) is 8.34. The first-order valence-corrected chi connectivity index (χ1v) is 8.34. The number of hydrogen-bond acceptors (Lipinski definition) is 4. The first kappa shape index (κ1) is 23.8. The number of guanidine groups is 1. The summed E-state index contributed by atoms with van der Waals surface area (Å²) in [6.07, 6.45) is 0.940. The molecule has 1 rings (SSSR count). The average Bonchev–Trinajstić information content (AvgIpc) is 2.59. The number of rotatable bonds is 10. The normalized spacial score (nSPS) is 11.0. The Morgan fingerprint density at radius 3 is 2.52 bits per heavy atom. The molecule has 1 aromatic rings. The summed E-state index contributed by atoms with van der Waals surface area (Å²) in [5.74, 6) is 2.79. The highest BCUT2D eigenvalue weighted by molar-refractivity contribution is 14.0. The van der Waals surface area contributed by atoms with E-state index in [0.717, 1.165) is 49.2 Å². The van der Waals surface area contributed by atoms with Crippen LogP contribution in [0, 0.1) is 5.92 Å². The number of methoxy groups -OCH3 is 2. The van der Waals surface area contributed by atoms with Crippen LogP contribution in [-0.2, 0) is 11.3 Å². The van der Waals surface area contributed by atoms with Crippen molar-refractivity contribution in [3.63, 3.8) is 0 Å². The number of hydrogen-bond donors (Lipinski definition) is 2. The van der Waals surface area contributed by atoms with Gasteiger partial charge in [0.2, 0.25) is 0 Å². The minimum atomic E-state index is 0. The molecule has 0 atom stereocenters. The fourth-order valence-corrected chi connectivity index (χ4v) is 2.19. The SMILES string of the molecule is CN=C(NCCCOCC(C)C)NCc1cccc(OC)c1OC.I. The second kappa shape index (κ2) is 14.0. The van der Waals surface area contributed by atoms with Crippen LogP contribution in [0.25, 0.3) is 0 Å².